The number of carbonyl (C=O) groups excluding carboxylic acids is 1. The van der Waals surface area contributed by atoms with Crippen LogP contribution in [0.3, 0.4) is 0 Å². The highest BCUT2D eigenvalue weighted by Gasteiger charge is 2.38. The fourth-order valence-electron chi connectivity index (χ4n) is 4.31. The summed E-state index contributed by atoms with van der Waals surface area (Å²) in [5, 5.41) is 14.9. The number of aromatic carboxylic acids is 1. The molecule has 0 bridgehead atoms. The largest absolute Gasteiger partial charge is 0.545 e. The van der Waals surface area contributed by atoms with Gasteiger partial charge in [0.25, 0.3) is 0 Å². The number of nitrogens with one attached hydrogen (secondary N) is 1. The summed E-state index contributed by atoms with van der Waals surface area (Å²) < 4.78 is 6.07. The van der Waals surface area contributed by atoms with Crippen LogP contribution in [0.15, 0.2) is 54.6 Å². The second-order valence-corrected chi connectivity index (χ2v) is 8.49. The lowest BCUT2D eigenvalue weighted by atomic mass is 9.76. The third kappa shape index (κ3) is 3.00. The summed E-state index contributed by atoms with van der Waals surface area (Å²) in [6.45, 7) is 0. The molecule has 1 N–H and O–H groups in total. The monoisotopic (exact) mass is 378 g/mol. The fraction of sp³-hybridized carbons (Fsp3) is 0.318. The van der Waals surface area contributed by atoms with Crippen molar-refractivity contribution in [3.05, 3.63) is 71.3 Å². The minimum absolute atomic E-state index is 0.172. The molecule has 3 aliphatic rings. The van der Waals surface area contributed by atoms with E-state index in [2.05, 4.69) is 35.7 Å². The summed E-state index contributed by atoms with van der Waals surface area (Å²) in [5.74, 6) is 2.52. The number of carboxylic acids is 1. The van der Waals surface area contributed by atoms with Crippen molar-refractivity contribution in [3.8, 4) is 5.75 Å². The van der Waals surface area contributed by atoms with Gasteiger partial charge in [-0.2, -0.15) is 11.8 Å². The van der Waals surface area contributed by atoms with Gasteiger partial charge in [-0.3, -0.25) is 0 Å². The Labute approximate surface area is 162 Å². The van der Waals surface area contributed by atoms with Gasteiger partial charge in [0, 0.05) is 23.1 Å². The first-order chi connectivity index (χ1) is 13.2. The zero-order valence-electron chi connectivity index (χ0n) is 14.8. The van der Waals surface area contributed by atoms with Crippen molar-refractivity contribution in [1.29, 1.82) is 0 Å². The van der Waals surface area contributed by atoms with E-state index in [0.717, 1.165) is 34.9 Å². The van der Waals surface area contributed by atoms with E-state index in [1.165, 1.54) is 5.56 Å². The number of ether oxygens (including phenoxy) is 1. The number of fused-ring (bicyclic) bond motifs is 3. The Balaban J connectivity index is 1.47. The van der Waals surface area contributed by atoms with Crippen LogP contribution >= 0.6 is 11.8 Å². The number of rotatable bonds is 4. The molecule has 0 saturated carbocycles. The molecule has 2 aromatic carbocycles. The third-order valence-electron chi connectivity index (χ3n) is 5.73. The molecule has 0 radical (unpaired) electrons. The molecule has 0 unspecified atom stereocenters. The van der Waals surface area contributed by atoms with E-state index in [9.17, 15) is 9.90 Å². The summed E-state index contributed by atoms with van der Waals surface area (Å²) in [5.41, 5.74) is 3.50. The molecule has 138 valence electrons. The third-order valence-corrected chi connectivity index (χ3v) is 6.94. The van der Waals surface area contributed by atoms with Crippen LogP contribution in [0.2, 0.25) is 0 Å². The van der Waals surface area contributed by atoms with Crippen LogP contribution in [0, 0.1) is 5.92 Å². The molecular formula is C22H20NO3S-. The Morgan fingerprint density at radius 1 is 1.19 bits per heavy atom. The van der Waals surface area contributed by atoms with Crippen LogP contribution in [0.25, 0.3) is 0 Å². The predicted molar refractivity (Wildman–Crippen MR) is 105 cm³/mol. The van der Waals surface area contributed by atoms with Crippen LogP contribution in [0.5, 0.6) is 5.75 Å². The minimum atomic E-state index is -1.13. The second-order valence-electron chi connectivity index (χ2n) is 7.41. The highest BCUT2D eigenvalue weighted by molar-refractivity contribution is 8.00. The van der Waals surface area contributed by atoms with E-state index in [1.54, 1.807) is 12.1 Å². The molecule has 2 aliphatic heterocycles. The van der Waals surface area contributed by atoms with Crippen molar-refractivity contribution >= 4 is 23.4 Å². The van der Waals surface area contributed by atoms with Gasteiger partial charge in [-0.15, -0.1) is 0 Å². The number of carboxylic acid groups (broad SMARTS) is 1. The van der Waals surface area contributed by atoms with E-state index in [1.807, 2.05) is 23.9 Å². The first-order valence-electron chi connectivity index (χ1n) is 9.32. The van der Waals surface area contributed by atoms with E-state index >= 15 is 0 Å². The number of anilines is 1. The minimum Gasteiger partial charge on any atom is -0.545 e. The van der Waals surface area contributed by atoms with Crippen LogP contribution < -0.4 is 15.2 Å². The molecule has 1 fully saturated rings. The number of benzene rings is 2. The second kappa shape index (κ2) is 6.64. The maximum Gasteiger partial charge on any atom is 0.120 e. The molecule has 0 aromatic heterocycles. The molecule has 1 saturated heterocycles. The summed E-state index contributed by atoms with van der Waals surface area (Å²) in [6.07, 6.45) is 5.72. The van der Waals surface area contributed by atoms with Gasteiger partial charge in [-0.25, -0.2) is 0 Å². The molecule has 1 aliphatic carbocycles. The average Bonchev–Trinajstić information content (AvgIpc) is 3.14. The molecule has 27 heavy (non-hydrogen) atoms. The zero-order valence-corrected chi connectivity index (χ0v) is 15.6. The van der Waals surface area contributed by atoms with E-state index < -0.39 is 5.97 Å². The molecular weight excluding hydrogens is 358 g/mol. The molecule has 0 spiro atoms. The normalized spacial score (nSPS) is 25.9. The van der Waals surface area contributed by atoms with Crippen molar-refractivity contribution in [1.82, 2.24) is 0 Å². The van der Waals surface area contributed by atoms with Crippen molar-refractivity contribution in [3.63, 3.8) is 0 Å². The lowest BCUT2D eigenvalue weighted by Crippen LogP contribution is -2.31. The first-order valence-corrected chi connectivity index (χ1v) is 10.5. The molecule has 2 heterocycles. The van der Waals surface area contributed by atoms with Crippen LogP contribution in [-0.4, -0.2) is 23.6 Å². The number of hydrogen-bond acceptors (Lipinski definition) is 5. The lowest BCUT2D eigenvalue weighted by molar-refractivity contribution is -0.255. The Morgan fingerprint density at radius 2 is 2.07 bits per heavy atom. The molecule has 3 atom stereocenters. The van der Waals surface area contributed by atoms with Gasteiger partial charge in [0.1, 0.15) is 11.9 Å². The molecule has 2 aromatic rings. The quantitative estimate of drug-likeness (QED) is 0.827. The first kappa shape index (κ1) is 16.8. The van der Waals surface area contributed by atoms with E-state index in [4.69, 9.17) is 4.74 Å². The van der Waals surface area contributed by atoms with Gasteiger partial charge >= 0.3 is 0 Å². The van der Waals surface area contributed by atoms with Gasteiger partial charge < -0.3 is 20.0 Å². The summed E-state index contributed by atoms with van der Waals surface area (Å²) in [7, 11) is 0. The summed E-state index contributed by atoms with van der Waals surface area (Å²) in [6, 6.07) is 13.8. The average molecular weight is 378 g/mol. The highest BCUT2D eigenvalue weighted by atomic mass is 32.2. The van der Waals surface area contributed by atoms with Gasteiger partial charge in [0.15, 0.2) is 0 Å². The zero-order chi connectivity index (χ0) is 18.4. The Kier molecular flexibility index (Phi) is 4.12. The standard InChI is InChI=1S/C22H21NO3S/c24-22(25)14-7-8-20-19(10-14)17-5-2-6-18(17)21(23-20)13-3-1-4-15(9-13)26-16-11-27-12-16/h1-5,7-10,16-18,21,23H,6,11-12H2,(H,24,25)/p-1/t17-,18-,21+/m0/s1. The Bertz CT molecular complexity index is 922. The van der Waals surface area contributed by atoms with E-state index in [-0.39, 0.29) is 17.5 Å². The SMILES string of the molecule is O=C([O-])c1ccc2c(c1)[C@H]1C=CC[C@@H]1[C@@H](c1cccc(OC3CSC3)c1)N2. The predicted octanol–water partition coefficient (Wildman–Crippen LogP) is 3.37. The van der Waals surface area contributed by atoms with Crippen molar-refractivity contribution in [2.45, 2.75) is 24.5 Å². The number of carbonyl (C=O) groups is 1. The van der Waals surface area contributed by atoms with Crippen molar-refractivity contribution < 1.29 is 14.6 Å². The molecule has 4 nitrogen and oxygen atoms in total. The summed E-state index contributed by atoms with van der Waals surface area (Å²) >= 11 is 1.91. The Hall–Kier alpha value is -2.40. The van der Waals surface area contributed by atoms with Gasteiger partial charge in [0.2, 0.25) is 0 Å². The molecule has 5 heteroatoms. The number of thioether (sulfide) groups is 1. The van der Waals surface area contributed by atoms with Crippen LogP contribution in [-0.2, 0) is 0 Å². The van der Waals surface area contributed by atoms with Gasteiger partial charge in [0.05, 0.1) is 12.0 Å². The Morgan fingerprint density at radius 3 is 2.85 bits per heavy atom. The topological polar surface area (TPSA) is 61.4 Å². The van der Waals surface area contributed by atoms with Gasteiger partial charge in [-0.05, 0) is 53.3 Å². The molecule has 0 amide bonds. The maximum atomic E-state index is 11.3. The summed E-state index contributed by atoms with van der Waals surface area (Å²) in [4.78, 5) is 11.3. The molecule has 5 rings (SSSR count). The lowest BCUT2D eigenvalue weighted by Gasteiger charge is -2.38. The van der Waals surface area contributed by atoms with Crippen LogP contribution in [0.4, 0.5) is 5.69 Å². The van der Waals surface area contributed by atoms with Crippen molar-refractivity contribution in [2.75, 3.05) is 16.8 Å². The highest BCUT2D eigenvalue weighted by Crippen LogP contribution is 2.50. The number of allylic oxidation sites excluding steroid dienone is 2. The fourth-order valence-corrected chi connectivity index (χ4v) is 4.87. The maximum absolute atomic E-state index is 11.3. The van der Waals surface area contributed by atoms with Crippen LogP contribution in [0.1, 0.15) is 39.9 Å². The van der Waals surface area contributed by atoms with Gasteiger partial charge in [-0.1, -0.05) is 30.4 Å². The number of hydrogen-bond donors (Lipinski definition) is 1. The van der Waals surface area contributed by atoms with Crippen molar-refractivity contribution in [2.24, 2.45) is 5.92 Å². The smallest absolute Gasteiger partial charge is 0.120 e. The van der Waals surface area contributed by atoms with E-state index in [0.29, 0.717) is 12.0 Å².